The van der Waals surface area contributed by atoms with Gasteiger partial charge in [0.25, 0.3) is 0 Å². The molecule has 0 spiro atoms. The van der Waals surface area contributed by atoms with Crippen molar-refractivity contribution in [3.8, 4) is 6.07 Å². The minimum atomic E-state index is -0.336. The van der Waals surface area contributed by atoms with Gasteiger partial charge in [-0.05, 0) is 19.1 Å². The van der Waals surface area contributed by atoms with E-state index in [-0.39, 0.29) is 5.97 Å². The fourth-order valence-corrected chi connectivity index (χ4v) is 1.52. The molecule has 1 aromatic rings. The molecule has 0 aliphatic heterocycles. The largest absolute Gasteiger partial charge is 0.466 e. The first-order valence-corrected chi connectivity index (χ1v) is 5.55. The van der Waals surface area contributed by atoms with Crippen molar-refractivity contribution in [2.24, 2.45) is 0 Å². The van der Waals surface area contributed by atoms with Gasteiger partial charge in [-0.2, -0.15) is 5.26 Å². The van der Waals surface area contributed by atoms with Crippen molar-refractivity contribution >= 4 is 11.7 Å². The highest BCUT2D eigenvalue weighted by Crippen LogP contribution is 2.17. The van der Waals surface area contributed by atoms with Gasteiger partial charge >= 0.3 is 5.97 Å². The number of nitriles is 1. The van der Waals surface area contributed by atoms with Gasteiger partial charge in [0.2, 0.25) is 0 Å². The maximum Gasteiger partial charge on any atom is 0.333 e. The molecule has 0 atom stereocenters. The second-order valence-corrected chi connectivity index (χ2v) is 3.89. The van der Waals surface area contributed by atoms with Gasteiger partial charge in [-0.1, -0.05) is 18.2 Å². The number of benzene rings is 1. The number of hydrogen-bond acceptors (Lipinski definition) is 4. The molecule has 0 fully saturated rings. The van der Waals surface area contributed by atoms with Crippen LogP contribution in [0.5, 0.6) is 0 Å². The molecule has 1 aromatic carbocycles. The van der Waals surface area contributed by atoms with Crippen molar-refractivity contribution in [3.05, 3.63) is 41.5 Å². The van der Waals surface area contributed by atoms with E-state index in [0.717, 1.165) is 5.69 Å². The molecule has 0 aliphatic rings. The zero-order valence-electron chi connectivity index (χ0n) is 10.8. The third-order valence-electron chi connectivity index (χ3n) is 2.61. The van der Waals surface area contributed by atoms with Gasteiger partial charge in [-0.3, -0.25) is 0 Å². The van der Waals surface area contributed by atoms with Gasteiger partial charge in [0.05, 0.1) is 18.4 Å². The molecule has 0 saturated carbocycles. The normalized spacial score (nSPS) is 10.7. The smallest absolute Gasteiger partial charge is 0.333 e. The first-order chi connectivity index (χ1) is 8.60. The van der Waals surface area contributed by atoms with Crippen molar-refractivity contribution in [2.75, 3.05) is 25.6 Å². The highest BCUT2D eigenvalue weighted by molar-refractivity contribution is 5.87. The third-order valence-corrected chi connectivity index (χ3v) is 2.61. The molecule has 0 amide bonds. The lowest BCUT2D eigenvalue weighted by molar-refractivity contribution is -0.136. The Hall–Kier alpha value is -2.28. The topological polar surface area (TPSA) is 53.3 Å². The summed E-state index contributed by atoms with van der Waals surface area (Å²) in [6.07, 6.45) is 1.78. The van der Waals surface area contributed by atoms with Gasteiger partial charge in [0.15, 0.2) is 0 Å². The molecule has 94 valence electrons. The summed E-state index contributed by atoms with van der Waals surface area (Å²) < 4.78 is 4.62. The number of likely N-dealkylation sites (N-methyl/N-ethyl adjacent to an activating group) is 1. The molecule has 0 N–H and O–H groups in total. The first kappa shape index (κ1) is 13.8. The summed E-state index contributed by atoms with van der Waals surface area (Å²) in [5.74, 6) is -0.336. The summed E-state index contributed by atoms with van der Waals surface area (Å²) >= 11 is 0. The standard InChI is InChI=1S/C14H16N2O2/c1-11(14(17)18-3)8-9-16(2)13-7-5-4-6-12(13)10-15/h4-8H,9H2,1-3H3. The molecule has 0 unspecified atom stereocenters. The van der Waals surface area contributed by atoms with E-state index in [9.17, 15) is 4.79 Å². The lowest BCUT2D eigenvalue weighted by Crippen LogP contribution is -2.19. The number of carbonyl (C=O) groups excluding carboxylic acids is 1. The zero-order chi connectivity index (χ0) is 13.5. The van der Waals surface area contributed by atoms with E-state index >= 15 is 0 Å². The van der Waals surface area contributed by atoms with E-state index < -0.39 is 0 Å². The van der Waals surface area contributed by atoms with Gasteiger partial charge in [0, 0.05) is 19.2 Å². The molecule has 1 rings (SSSR count). The van der Waals surface area contributed by atoms with E-state index in [1.54, 1.807) is 19.1 Å². The van der Waals surface area contributed by atoms with Gasteiger partial charge < -0.3 is 9.64 Å². The van der Waals surface area contributed by atoms with Crippen molar-refractivity contribution < 1.29 is 9.53 Å². The number of methoxy groups -OCH3 is 1. The molecule has 0 aliphatic carbocycles. The first-order valence-electron chi connectivity index (χ1n) is 5.55. The van der Waals surface area contributed by atoms with Crippen molar-refractivity contribution in [3.63, 3.8) is 0 Å². The molecule has 18 heavy (non-hydrogen) atoms. The maximum atomic E-state index is 11.2. The van der Waals surface area contributed by atoms with Crippen LogP contribution in [0.1, 0.15) is 12.5 Å². The Morgan fingerprint density at radius 2 is 2.17 bits per heavy atom. The molecule has 0 saturated heterocycles. The number of hydrogen-bond donors (Lipinski definition) is 0. The summed E-state index contributed by atoms with van der Waals surface area (Å²) in [5, 5.41) is 9.00. The minimum absolute atomic E-state index is 0.336. The number of esters is 1. The van der Waals surface area contributed by atoms with Crippen LogP contribution in [0.2, 0.25) is 0 Å². The molecule has 0 bridgehead atoms. The lowest BCUT2D eigenvalue weighted by atomic mass is 10.2. The van der Waals surface area contributed by atoms with Gasteiger partial charge in [-0.15, -0.1) is 0 Å². The number of anilines is 1. The fourth-order valence-electron chi connectivity index (χ4n) is 1.52. The molecule has 0 aromatic heterocycles. The molecular formula is C14H16N2O2. The van der Waals surface area contributed by atoms with Crippen LogP contribution in [0.15, 0.2) is 35.9 Å². The minimum Gasteiger partial charge on any atom is -0.466 e. The summed E-state index contributed by atoms with van der Waals surface area (Å²) in [6, 6.07) is 9.49. The van der Waals surface area contributed by atoms with E-state index in [1.165, 1.54) is 7.11 Å². The molecule has 4 heteroatoms. The number of para-hydroxylation sites is 1. The van der Waals surface area contributed by atoms with Crippen LogP contribution in [0.25, 0.3) is 0 Å². The quantitative estimate of drug-likeness (QED) is 0.601. The van der Waals surface area contributed by atoms with Crippen molar-refractivity contribution in [2.45, 2.75) is 6.92 Å². The molecule has 0 heterocycles. The van der Waals surface area contributed by atoms with Crippen LogP contribution in [-0.4, -0.2) is 26.7 Å². The van der Waals surface area contributed by atoms with Gasteiger partial charge in [0.1, 0.15) is 6.07 Å². The van der Waals surface area contributed by atoms with Crippen molar-refractivity contribution in [1.29, 1.82) is 5.26 Å². The van der Waals surface area contributed by atoms with Crippen LogP contribution < -0.4 is 4.90 Å². The Morgan fingerprint density at radius 1 is 1.50 bits per heavy atom. The molecule has 4 nitrogen and oxygen atoms in total. The second-order valence-electron chi connectivity index (χ2n) is 3.89. The maximum absolute atomic E-state index is 11.2. The predicted molar refractivity (Wildman–Crippen MR) is 70.2 cm³/mol. The lowest BCUT2D eigenvalue weighted by Gasteiger charge is -2.18. The number of carbonyl (C=O) groups is 1. The predicted octanol–water partition coefficient (Wildman–Crippen LogP) is 2.11. The average molecular weight is 244 g/mol. The van der Waals surface area contributed by atoms with Crippen LogP contribution in [0, 0.1) is 11.3 Å². The van der Waals surface area contributed by atoms with E-state index in [2.05, 4.69) is 10.8 Å². The van der Waals surface area contributed by atoms with Gasteiger partial charge in [-0.25, -0.2) is 4.79 Å². The number of rotatable bonds is 4. The average Bonchev–Trinajstić information content (AvgIpc) is 2.43. The van der Waals surface area contributed by atoms with E-state index in [1.807, 2.05) is 30.1 Å². The summed E-state index contributed by atoms with van der Waals surface area (Å²) in [5.41, 5.74) is 2.01. The Morgan fingerprint density at radius 3 is 2.78 bits per heavy atom. The van der Waals surface area contributed by atoms with Crippen LogP contribution in [0.4, 0.5) is 5.69 Å². The van der Waals surface area contributed by atoms with Crippen LogP contribution in [-0.2, 0) is 9.53 Å². The highest BCUT2D eigenvalue weighted by atomic mass is 16.5. The van der Waals surface area contributed by atoms with E-state index in [4.69, 9.17) is 5.26 Å². The van der Waals surface area contributed by atoms with Crippen molar-refractivity contribution in [1.82, 2.24) is 0 Å². The fraction of sp³-hybridized carbons (Fsp3) is 0.286. The number of nitrogens with zero attached hydrogens (tertiary/aromatic N) is 2. The number of ether oxygens (including phenoxy) is 1. The van der Waals surface area contributed by atoms with Crippen LogP contribution in [0.3, 0.4) is 0 Å². The molecular weight excluding hydrogens is 228 g/mol. The Balaban J connectivity index is 2.81. The third kappa shape index (κ3) is 3.36. The highest BCUT2D eigenvalue weighted by Gasteiger charge is 2.07. The SMILES string of the molecule is COC(=O)C(C)=CCN(C)c1ccccc1C#N. The monoisotopic (exact) mass is 244 g/mol. The Labute approximate surface area is 107 Å². The zero-order valence-corrected chi connectivity index (χ0v) is 10.8. The summed E-state index contributed by atoms with van der Waals surface area (Å²) in [6.45, 7) is 2.25. The van der Waals surface area contributed by atoms with E-state index in [0.29, 0.717) is 17.7 Å². The molecule has 0 radical (unpaired) electrons. The van der Waals surface area contributed by atoms with Crippen LogP contribution >= 0.6 is 0 Å². The second kappa shape index (κ2) is 6.45. The summed E-state index contributed by atoms with van der Waals surface area (Å²) in [4.78, 5) is 13.1. The summed E-state index contributed by atoms with van der Waals surface area (Å²) in [7, 11) is 3.23. The Kier molecular flexibility index (Phi) is 4.94. The Bertz CT molecular complexity index is 501.